The fourth-order valence-electron chi connectivity index (χ4n) is 4.15. The van der Waals surface area contributed by atoms with Crippen molar-refractivity contribution in [3.05, 3.63) is 148 Å². The minimum Gasteiger partial charge on any atom is -0.448 e. The number of benzene rings is 4. The minimum absolute atomic E-state index is 0.308. The first-order valence-electron chi connectivity index (χ1n) is 11.1. The fourth-order valence-corrected chi connectivity index (χ4v) is 4.15. The van der Waals surface area contributed by atoms with Gasteiger partial charge in [-0.05, 0) is 36.6 Å². The van der Waals surface area contributed by atoms with E-state index in [9.17, 15) is 4.79 Å². The van der Waals surface area contributed by atoms with E-state index in [1.165, 1.54) is 11.1 Å². The van der Waals surface area contributed by atoms with Crippen molar-refractivity contribution < 1.29 is 9.53 Å². The van der Waals surface area contributed by atoms with Crippen molar-refractivity contribution >= 4 is 17.1 Å². The van der Waals surface area contributed by atoms with Crippen LogP contribution in [0.5, 0.6) is 0 Å². The molecule has 0 spiro atoms. The highest BCUT2D eigenvalue weighted by atomic mass is 16.5. The van der Waals surface area contributed by atoms with Crippen molar-refractivity contribution in [3.63, 3.8) is 0 Å². The van der Waals surface area contributed by atoms with Crippen LogP contribution in [0, 0.1) is 13.8 Å². The smallest absolute Gasteiger partial charge is 0.339 e. The lowest BCUT2D eigenvalue weighted by molar-refractivity contribution is 0.0388. The molecule has 0 radical (unpaired) electrons. The Kier molecular flexibility index (Phi) is 5.52. The Labute approximate surface area is 194 Å². The molecule has 33 heavy (non-hydrogen) atoms. The molecule has 4 aromatic rings. The van der Waals surface area contributed by atoms with Gasteiger partial charge in [-0.1, -0.05) is 108 Å². The Bertz CT molecular complexity index is 1320. The Morgan fingerprint density at radius 1 is 0.667 bits per heavy atom. The molecule has 0 saturated heterocycles. The molecule has 1 atom stereocenters. The maximum Gasteiger partial charge on any atom is 0.339 e. The van der Waals surface area contributed by atoms with Gasteiger partial charge in [-0.15, -0.1) is 5.73 Å². The number of cyclic esters (lactones) is 1. The normalized spacial score (nSPS) is 14.8. The first-order chi connectivity index (χ1) is 16.1. The maximum atomic E-state index is 12.8. The maximum absolute atomic E-state index is 12.8. The van der Waals surface area contributed by atoms with Crippen LogP contribution in [0.15, 0.2) is 109 Å². The summed E-state index contributed by atoms with van der Waals surface area (Å²) in [5, 5.41) is 0. The highest BCUT2D eigenvalue weighted by molar-refractivity contribution is 6.00. The average molecular weight is 429 g/mol. The number of esters is 1. The van der Waals surface area contributed by atoms with E-state index in [1.807, 2.05) is 54.6 Å². The molecule has 1 aliphatic rings. The molecule has 1 unspecified atom stereocenters. The van der Waals surface area contributed by atoms with E-state index in [1.54, 1.807) is 0 Å². The quantitative estimate of drug-likeness (QED) is 0.252. The first-order valence-corrected chi connectivity index (χ1v) is 11.1. The van der Waals surface area contributed by atoms with Gasteiger partial charge in [-0.2, -0.15) is 0 Å². The zero-order valence-corrected chi connectivity index (χ0v) is 18.7. The van der Waals surface area contributed by atoms with E-state index in [0.29, 0.717) is 5.56 Å². The van der Waals surface area contributed by atoms with Crippen molar-refractivity contribution in [2.75, 3.05) is 0 Å². The van der Waals surface area contributed by atoms with E-state index >= 15 is 0 Å². The van der Waals surface area contributed by atoms with Crippen LogP contribution < -0.4 is 0 Å². The van der Waals surface area contributed by atoms with Gasteiger partial charge in [-0.25, -0.2) is 4.79 Å². The number of hydrogen-bond acceptors (Lipinski definition) is 2. The molecule has 5 rings (SSSR count). The summed E-state index contributed by atoms with van der Waals surface area (Å²) in [5.41, 5.74) is 12.4. The number of carbonyl (C=O) groups is 1. The monoisotopic (exact) mass is 428 g/mol. The molecular formula is C31H24O2. The molecule has 2 nitrogen and oxygen atoms in total. The predicted octanol–water partition coefficient (Wildman–Crippen LogP) is 7.33. The van der Waals surface area contributed by atoms with Gasteiger partial charge < -0.3 is 4.74 Å². The number of ether oxygens (including phenoxy) is 1. The molecule has 2 heteroatoms. The fraction of sp³-hybridized carbons (Fsp3) is 0.0968. The molecule has 0 amide bonds. The van der Waals surface area contributed by atoms with Crippen molar-refractivity contribution in [3.8, 4) is 0 Å². The van der Waals surface area contributed by atoms with Gasteiger partial charge in [0, 0.05) is 16.7 Å². The molecule has 4 aromatic carbocycles. The van der Waals surface area contributed by atoms with E-state index < -0.39 is 6.10 Å². The van der Waals surface area contributed by atoms with E-state index in [2.05, 4.69) is 68.1 Å². The standard InChI is InChI=1S/C31H24O2/c1-21-12-16-23(17-13-21)28(24-18-14-22(2)15-19-24)20-29-26-10-6-7-11-27(26)31(32)33-30(29)25-8-4-3-5-9-25/h3-19,30H,1-2H3. The van der Waals surface area contributed by atoms with Crippen LogP contribution in [0.25, 0.3) is 11.1 Å². The SMILES string of the molecule is Cc1ccc(C(=C=C2c3ccccc3C(=O)OC2c2ccccc2)c2ccc(C)cc2)cc1. The summed E-state index contributed by atoms with van der Waals surface area (Å²) in [4.78, 5) is 12.8. The van der Waals surface area contributed by atoms with Crippen molar-refractivity contribution in [1.29, 1.82) is 0 Å². The molecule has 1 aliphatic heterocycles. The van der Waals surface area contributed by atoms with Gasteiger partial charge in [0.15, 0.2) is 6.10 Å². The van der Waals surface area contributed by atoms with E-state index in [4.69, 9.17) is 4.74 Å². The average Bonchev–Trinajstić information content (AvgIpc) is 2.85. The number of carbonyl (C=O) groups excluding carboxylic acids is 1. The number of aryl methyl sites for hydroxylation is 2. The van der Waals surface area contributed by atoms with Gasteiger partial charge >= 0.3 is 5.97 Å². The van der Waals surface area contributed by atoms with Crippen LogP contribution in [0.4, 0.5) is 0 Å². The summed E-state index contributed by atoms with van der Waals surface area (Å²) >= 11 is 0. The predicted molar refractivity (Wildman–Crippen MR) is 133 cm³/mol. The highest BCUT2D eigenvalue weighted by Gasteiger charge is 2.32. The minimum atomic E-state index is -0.528. The van der Waals surface area contributed by atoms with Crippen LogP contribution in [0.3, 0.4) is 0 Å². The Balaban J connectivity index is 1.84. The van der Waals surface area contributed by atoms with Crippen molar-refractivity contribution in [1.82, 2.24) is 0 Å². The summed E-state index contributed by atoms with van der Waals surface area (Å²) < 4.78 is 5.97. The third-order valence-corrected chi connectivity index (χ3v) is 5.97. The van der Waals surface area contributed by atoms with Gasteiger partial charge in [0.25, 0.3) is 0 Å². The lowest BCUT2D eigenvalue weighted by Gasteiger charge is -2.27. The van der Waals surface area contributed by atoms with E-state index in [-0.39, 0.29) is 5.97 Å². The van der Waals surface area contributed by atoms with Gasteiger partial charge in [0.05, 0.1) is 5.56 Å². The van der Waals surface area contributed by atoms with Crippen LogP contribution in [-0.2, 0) is 4.74 Å². The molecular weight excluding hydrogens is 404 g/mol. The first kappa shape index (κ1) is 20.8. The highest BCUT2D eigenvalue weighted by Crippen LogP contribution is 2.40. The molecule has 1 heterocycles. The largest absolute Gasteiger partial charge is 0.448 e. The van der Waals surface area contributed by atoms with Crippen LogP contribution in [0.2, 0.25) is 0 Å². The third kappa shape index (κ3) is 4.17. The number of hydrogen-bond donors (Lipinski definition) is 0. The summed E-state index contributed by atoms with van der Waals surface area (Å²) in [7, 11) is 0. The molecule has 0 N–H and O–H groups in total. The summed E-state index contributed by atoms with van der Waals surface area (Å²) in [5.74, 6) is -0.308. The number of rotatable bonds is 3. The zero-order valence-electron chi connectivity index (χ0n) is 18.7. The summed E-state index contributed by atoms with van der Waals surface area (Å²) in [6, 6.07) is 34.4. The van der Waals surface area contributed by atoms with Gasteiger partial charge in [0.1, 0.15) is 0 Å². The zero-order chi connectivity index (χ0) is 22.8. The molecule has 0 fully saturated rings. The second-order valence-electron chi connectivity index (χ2n) is 8.39. The topological polar surface area (TPSA) is 26.3 Å². The van der Waals surface area contributed by atoms with Crippen LogP contribution >= 0.6 is 0 Å². The molecule has 0 aromatic heterocycles. The second kappa shape index (κ2) is 8.78. The third-order valence-electron chi connectivity index (χ3n) is 5.97. The van der Waals surface area contributed by atoms with Crippen molar-refractivity contribution in [2.45, 2.75) is 20.0 Å². The molecule has 0 aliphatic carbocycles. The molecule has 0 saturated carbocycles. The lowest BCUT2D eigenvalue weighted by Crippen LogP contribution is -2.20. The lowest BCUT2D eigenvalue weighted by atomic mass is 9.88. The van der Waals surface area contributed by atoms with Crippen LogP contribution in [-0.4, -0.2) is 5.97 Å². The molecule has 160 valence electrons. The Morgan fingerprint density at radius 3 is 1.76 bits per heavy atom. The Morgan fingerprint density at radius 2 is 1.18 bits per heavy atom. The second-order valence-corrected chi connectivity index (χ2v) is 8.39. The Hall–Kier alpha value is -4.13. The van der Waals surface area contributed by atoms with Gasteiger partial charge in [-0.3, -0.25) is 0 Å². The number of fused-ring (bicyclic) bond motifs is 1. The summed E-state index contributed by atoms with van der Waals surface area (Å²) in [6.45, 7) is 4.17. The molecule has 0 bridgehead atoms. The van der Waals surface area contributed by atoms with Crippen molar-refractivity contribution in [2.24, 2.45) is 0 Å². The van der Waals surface area contributed by atoms with Crippen LogP contribution in [0.1, 0.15) is 49.8 Å². The van der Waals surface area contributed by atoms with E-state index in [0.717, 1.165) is 33.4 Å². The van der Waals surface area contributed by atoms with Gasteiger partial charge in [0.2, 0.25) is 0 Å². The summed E-state index contributed by atoms with van der Waals surface area (Å²) in [6.07, 6.45) is -0.528.